The van der Waals surface area contributed by atoms with Crippen molar-refractivity contribution in [2.24, 2.45) is 0 Å². The fraction of sp³-hybridized carbons (Fsp3) is 0.533. The number of piperidine rings is 1. The van der Waals surface area contributed by atoms with Gasteiger partial charge in [-0.1, -0.05) is 30.3 Å². The Balaban J connectivity index is 2.02. The van der Waals surface area contributed by atoms with Crippen molar-refractivity contribution < 1.29 is 9.90 Å². The molecular weight excluding hydrogens is 240 g/mol. The van der Waals surface area contributed by atoms with Crippen molar-refractivity contribution in [2.75, 3.05) is 13.1 Å². The normalized spacial score (nSPS) is 30.7. The number of hydrogen-bond donors (Lipinski definition) is 2. The van der Waals surface area contributed by atoms with E-state index in [-0.39, 0.29) is 11.6 Å². The summed E-state index contributed by atoms with van der Waals surface area (Å²) >= 11 is 0. The Morgan fingerprint density at radius 2 is 2.00 bits per heavy atom. The molecule has 4 heteroatoms. The molecule has 0 bridgehead atoms. The van der Waals surface area contributed by atoms with Crippen molar-refractivity contribution in [1.82, 2.24) is 10.2 Å². The van der Waals surface area contributed by atoms with Gasteiger partial charge in [0.05, 0.1) is 6.04 Å². The van der Waals surface area contributed by atoms with E-state index >= 15 is 0 Å². The molecule has 0 saturated carbocycles. The van der Waals surface area contributed by atoms with Crippen LogP contribution in [-0.2, 0) is 0 Å². The molecule has 0 radical (unpaired) electrons. The molecule has 1 amide bonds. The molecule has 0 aliphatic carbocycles. The molecule has 1 aromatic carbocycles. The predicted octanol–water partition coefficient (Wildman–Crippen LogP) is 2.62. The molecule has 2 aliphatic heterocycles. The van der Waals surface area contributed by atoms with Crippen LogP contribution in [-0.4, -0.2) is 34.7 Å². The van der Waals surface area contributed by atoms with Crippen LogP contribution in [0.5, 0.6) is 0 Å². The highest BCUT2D eigenvalue weighted by atomic mass is 16.4. The first kappa shape index (κ1) is 12.5. The maximum atomic E-state index is 11.6. The Morgan fingerprint density at radius 1 is 1.26 bits per heavy atom. The first-order valence-corrected chi connectivity index (χ1v) is 7.02. The van der Waals surface area contributed by atoms with E-state index in [1.165, 1.54) is 0 Å². The van der Waals surface area contributed by atoms with Crippen LogP contribution in [0.1, 0.15) is 37.3 Å². The van der Waals surface area contributed by atoms with E-state index in [0.717, 1.165) is 37.8 Å². The summed E-state index contributed by atoms with van der Waals surface area (Å²) in [5.74, 6) is 0. The number of carbonyl (C=O) groups is 1. The molecule has 1 aromatic rings. The zero-order chi connectivity index (χ0) is 13.3. The molecule has 2 saturated heterocycles. The number of rotatable bonds is 1. The van der Waals surface area contributed by atoms with Crippen LogP contribution < -0.4 is 5.32 Å². The standard InChI is InChI=1S/C15H20N2O2/c18-14(19)17-11-5-9-15(8-4-10-16-15)13(17)12-6-2-1-3-7-12/h1-3,6-7,13,16H,4-5,8-11H2,(H,18,19)/t13-,15+/m1/s1. The first-order chi connectivity index (χ1) is 9.23. The summed E-state index contributed by atoms with van der Waals surface area (Å²) in [5.41, 5.74) is 1.05. The van der Waals surface area contributed by atoms with Crippen LogP contribution in [0.2, 0.25) is 0 Å². The number of carboxylic acid groups (broad SMARTS) is 1. The molecule has 1 spiro atoms. The highest BCUT2D eigenvalue weighted by Crippen LogP contribution is 2.44. The molecule has 2 N–H and O–H groups in total. The molecule has 2 aliphatic rings. The summed E-state index contributed by atoms with van der Waals surface area (Å²) in [6.45, 7) is 1.63. The van der Waals surface area contributed by atoms with Gasteiger partial charge in [-0.15, -0.1) is 0 Å². The Bertz CT molecular complexity index is 454. The average Bonchev–Trinajstić information content (AvgIpc) is 2.88. The van der Waals surface area contributed by atoms with Crippen LogP contribution in [0.15, 0.2) is 30.3 Å². The number of nitrogens with one attached hydrogen (secondary N) is 1. The van der Waals surface area contributed by atoms with E-state index in [4.69, 9.17) is 0 Å². The van der Waals surface area contributed by atoms with Gasteiger partial charge in [-0.3, -0.25) is 4.90 Å². The second kappa shape index (κ2) is 4.85. The van der Waals surface area contributed by atoms with Gasteiger partial charge >= 0.3 is 6.09 Å². The smallest absolute Gasteiger partial charge is 0.407 e. The lowest BCUT2D eigenvalue weighted by atomic mass is 9.77. The van der Waals surface area contributed by atoms with E-state index in [2.05, 4.69) is 5.32 Å². The van der Waals surface area contributed by atoms with Crippen molar-refractivity contribution in [2.45, 2.75) is 37.3 Å². The van der Waals surface area contributed by atoms with E-state index in [9.17, 15) is 9.90 Å². The molecule has 3 rings (SSSR count). The third-order valence-electron chi connectivity index (χ3n) is 4.49. The molecule has 102 valence electrons. The number of benzene rings is 1. The summed E-state index contributed by atoms with van der Waals surface area (Å²) in [5, 5.41) is 13.1. The van der Waals surface area contributed by atoms with Crippen molar-refractivity contribution in [1.29, 1.82) is 0 Å². The van der Waals surface area contributed by atoms with Gasteiger partial charge in [-0.05, 0) is 37.8 Å². The average molecular weight is 260 g/mol. The lowest BCUT2D eigenvalue weighted by Gasteiger charge is -2.47. The van der Waals surface area contributed by atoms with Crippen LogP contribution in [0.4, 0.5) is 4.79 Å². The Labute approximate surface area is 113 Å². The molecular formula is C15H20N2O2. The molecule has 2 atom stereocenters. The minimum absolute atomic E-state index is 0.0533. The zero-order valence-corrected chi connectivity index (χ0v) is 11.0. The first-order valence-electron chi connectivity index (χ1n) is 7.02. The highest BCUT2D eigenvalue weighted by Gasteiger charge is 2.48. The van der Waals surface area contributed by atoms with E-state index < -0.39 is 6.09 Å². The maximum absolute atomic E-state index is 11.6. The third-order valence-corrected chi connectivity index (χ3v) is 4.49. The van der Waals surface area contributed by atoms with Crippen molar-refractivity contribution in [3.8, 4) is 0 Å². The number of likely N-dealkylation sites (tertiary alicyclic amines) is 1. The van der Waals surface area contributed by atoms with Crippen molar-refractivity contribution in [3.05, 3.63) is 35.9 Å². The highest BCUT2D eigenvalue weighted by molar-refractivity contribution is 5.66. The van der Waals surface area contributed by atoms with E-state index in [1.807, 2.05) is 30.3 Å². The van der Waals surface area contributed by atoms with Gasteiger partial charge in [0.2, 0.25) is 0 Å². The Hall–Kier alpha value is -1.55. The molecule has 19 heavy (non-hydrogen) atoms. The van der Waals surface area contributed by atoms with Crippen molar-refractivity contribution >= 4 is 6.09 Å². The Morgan fingerprint density at radius 3 is 2.63 bits per heavy atom. The quantitative estimate of drug-likeness (QED) is 0.816. The monoisotopic (exact) mass is 260 g/mol. The topological polar surface area (TPSA) is 52.6 Å². The van der Waals surface area contributed by atoms with Gasteiger partial charge in [-0.2, -0.15) is 0 Å². The number of hydrogen-bond acceptors (Lipinski definition) is 2. The summed E-state index contributed by atoms with van der Waals surface area (Å²) in [6.07, 6.45) is 3.41. The Kier molecular flexibility index (Phi) is 3.19. The molecule has 0 unspecified atom stereocenters. The van der Waals surface area contributed by atoms with Gasteiger partial charge in [0.1, 0.15) is 0 Å². The SMILES string of the molecule is O=C(O)N1CCC[C@@]2(CCCN2)[C@H]1c1ccccc1. The zero-order valence-electron chi connectivity index (χ0n) is 11.0. The van der Waals surface area contributed by atoms with Gasteiger partial charge in [-0.25, -0.2) is 4.79 Å². The molecule has 0 aromatic heterocycles. The minimum atomic E-state index is -0.804. The summed E-state index contributed by atoms with van der Waals surface area (Å²) in [6, 6.07) is 10.0. The summed E-state index contributed by atoms with van der Waals surface area (Å²) in [4.78, 5) is 13.2. The molecule has 4 nitrogen and oxygen atoms in total. The number of nitrogens with zero attached hydrogens (tertiary/aromatic N) is 1. The van der Waals surface area contributed by atoms with Gasteiger partial charge in [0.15, 0.2) is 0 Å². The predicted molar refractivity (Wildman–Crippen MR) is 73.1 cm³/mol. The summed E-state index contributed by atoms with van der Waals surface area (Å²) < 4.78 is 0. The second-order valence-electron chi connectivity index (χ2n) is 5.58. The van der Waals surface area contributed by atoms with Crippen LogP contribution in [0, 0.1) is 0 Å². The lowest BCUT2D eigenvalue weighted by molar-refractivity contribution is 0.0541. The van der Waals surface area contributed by atoms with Crippen LogP contribution in [0.3, 0.4) is 0 Å². The third kappa shape index (κ3) is 2.10. The van der Waals surface area contributed by atoms with Gasteiger partial charge in [0, 0.05) is 12.1 Å². The summed E-state index contributed by atoms with van der Waals surface area (Å²) in [7, 11) is 0. The lowest BCUT2D eigenvalue weighted by Crippen LogP contribution is -2.57. The fourth-order valence-electron chi connectivity index (χ4n) is 3.75. The van der Waals surface area contributed by atoms with Crippen LogP contribution >= 0.6 is 0 Å². The van der Waals surface area contributed by atoms with Crippen LogP contribution in [0.25, 0.3) is 0 Å². The minimum Gasteiger partial charge on any atom is -0.465 e. The largest absolute Gasteiger partial charge is 0.465 e. The van der Waals surface area contributed by atoms with Gasteiger partial charge in [0.25, 0.3) is 0 Å². The maximum Gasteiger partial charge on any atom is 0.407 e. The van der Waals surface area contributed by atoms with Crippen molar-refractivity contribution in [3.63, 3.8) is 0 Å². The van der Waals surface area contributed by atoms with Gasteiger partial charge < -0.3 is 10.4 Å². The fourth-order valence-corrected chi connectivity index (χ4v) is 3.75. The second-order valence-corrected chi connectivity index (χ2v) is 5.58. The molecule has 2 heterocycles. The molecule has 2 fully saturated rings. The van der Waals surface area contributed by atoms with E-state index in [1.54, 1.807) is 4.90 Å². The van der Waals surface area contributed by atoms with E-state index in [0.29, 0.717) is 6.54 Å². The number of amides is 1.